The number of hydrogen-bond acceptors (Lipinski definition) is 8. The molecule has 4 heterocycles. The molecule has 2 aliphatic carbocycles. The summed E-state index contributed by atoms with van der Waals surface area (Å²) in [5.41, 5.74) is -1.39. The van der Waals surface area contributed by atoms with E-state index in [2.05, 4.69) is 27.7 Å². The van der Waals surface area contributed by atoms with Gasteiger partial charge < -0.3 is 0 Å². The highest BCUT2D eigenvalue weighted by Gasteiger charge is 2.40. The number of benzene rings is 1. The molecule has 2 aliphatic heterocycles. The summed E-state index contributed by atoms with van der Waals surface area (Å²) < 4.78 is 2.70. The molecule has 2 fully saturated rings. The van der Waals surface area contributed by atoms with Gasteiger partial charge in [0.2, 0.25) is 0 Å². The highest BCUT2D eigenvalue weighted by Crippen LogP contribution is 2.50. The van der Waals surface area contributed by atoms with Crippen LogP contribution in [0.1, 0.15) is 381 Å². The molecule has 4 amide bonds. The second-order valence-corrected chi connectivity index (χ2v) is 32.7. The second kappa shape index (κ2) is 48.4. The van der Waals surface area contributed by atoms with E-state index in [1.54, 1.807) is 0 Å². The summed E-state index contributed by atoms with van der Waals surface area (Å²) in [5.74, 6) is 6.02. The third kappa shape index (κ3) is 27.3. The van der Waals surface area contributed by atoms with Gasteiger partial charge in [-0.25, -0.2) is 0 Å². The van der Waals surface area contributed by atoms with Gasteiger partial charge in [0, 0.05) is 50.5 Å². The summed E-state index contributed by atoms with van der Waals surface area (Å²) in [7, 11) is 0. The van der Waals surface area contributed by atoms with E-state index in [9.17, 15) is 38.4 Å². The van der Waals surface area contributed by atoms with Crippen molar-refractivity contribution in [3.8, 4) is 0 Å². The van der Waals surface area contributed by atoms with Crippen LogP contribution in [0.25, 0.3) is 21.5 Å². The normalized spacial score (nSPS) is 21.0. The minimum atomic E-state index is -0.347. The maximum Gasteiger partial charge on any atom is 0.261 e. The summed E-state index contributed by atoms with van der Waals surface area (Å²) in [4.78, 5) is 106. The lowest BCUT2D eigenvalue weighted by Crippen LogP contribution is -2.35. The van der Waals surface area contributed by atoms with E-state index in [0.717, 1.165) is 137 Å². The highest BCUT2D eigenvalue weighted by molar-refractivity contribution is 6.13. The molecule has 7 rings (SSSR count). The summed E-state index contributed by atoms with van der Waals surface area (Å²) in [6.07, 6.45) is 74.5. The molecule has 0 bridgehead atoms. The molecule has 1 aromatic carbocycles. The number of amides is 4. The van der Waals surface area contributed by atoms with Crippen LogP contribution in [0.2, 0.25) is 0 Å². The van der Waals surface area contributed by atoms with Crippen LogP contribution >= 0.6 is 0 Å². The van der Waals surface area contributed by atoms with Crippen molar-refractivity contribution in [1.29, 1.82) is 0 Å². The van der Waals surface area contributed by atoms with Crippen LogP contribution in [-0.2, 0) is 32.3 Å². The van der Waals surface area contributed by atoms with E-state index in [1.807, 2.05) is 0 Å². The maximum atomic E-state index is 13.9. The zero-order chi connectivity index (χ0) is 71.8. The number of nitrogens with zero attached hydrogens (tertiary/aromatic N) is 4. The first-order valence-electron chi connectivity index (χ1n) is 43.4. The molecule has 2 aromatic heterocycles. The standard InChI is InChI=1S/C89H144N4O8/c1-5-9-13-16-28-40-52-74-70(48-36-12-8-4)56-57-72(50-38-26-18-22-32-44-64-90-82(94)60-61-83(90)95)76(74)54-43-31-21-25-35-47-67-93-88(100)80-68-78-79(69-81(80)89(93)101)87(99)92(86(78)98)66-46-34-23-19-27-39-51-73-59-58-71(49-37-15-11-7-3)75(53-41-29-17-14-10-6-2)77(73)55-42-30-20-24-33-45-65-91-84(96)62-63-85(91)97/h60-63,68-77H,5-59,64-67H2,1-4H3. The lowest BCUT2D eigenvalue weighted by molar-refractivity contribution is -0.138. The Morgan fingerprint density at radius 3 is 0.683 bits per heavy atom. The lowest BCUT2D eigenvalue weighted by atomic mass is 9.61. The number of fused-ring (bicyclic) bond motifs is 2. The number of unbranched alkanes of at least 4 members (excludes halogenated alkanes) is 35. The van der Waals surface area contributed by atoms with E-state index in [1.165, 1.54) is 319 Å². The van der Waals surface area contributed by atoms with Crippen LogP contribution in [0.3, 0.4) is 0 Å². The molecule has 0 radical (unpaired) electrons. The fourth-order valence-corrected chi connectivity index (χ4v) is 19.4. The van der Waals surface area contributed by atoms with Crippen molar-refractivity contribution in [2.24, 2.45) is 47.3 Å². The van der Waals surface area contributed by atoms with Crippen molar-refractivity contribution < 1.29 is 19.2 Å². The van der Waals surface area contributed by atoms with Crippen LogP contribution in [0, 0.1) is 47.3 Å². The van der Waals surface area contributed by atoms with Gasteiger partial charge in [0.1, 0.15) is 0 Å². The second-order valence-electron chi connectivity index (χ2n) is 32.7. The van der Waals surface area contributed by atoms with Gasteiger partial charge in [-0.2, -0.15) is 0 Å². The number of rotatable bonds is 59. The zero-order valence-electron chi connectivity index (χ0n) is 64.9. The molecule has 2 saturated carbocycles. The van der Waals surface area contributed by atoms with E-state index >= 15 is 0 Å². The molecule has 568 valence electrons. The first-order chi connectivity index (χ1) is 49.4. The number of carbonyl (C=O) groups excluding carboxylic acids is 4. The smallest absolute Gasteiger partial charge is 0.261 e. The molecule has 12 nitrogen and oxygen atoms in total. The fraction of sp³-hybridized carbons (Fsp3) is 0.798. The van der Waals surface area contributed by atoms with Crippen LogP contribution in [0.15, 0.2) is 55.6 Å². The molecular weight excluding hydrogens is 1250 g/mol. The Morgan fingerprint density at radius 2 is 0.426 bits per heavy atom. The van der Waals surface area contributed by atoms with Gasteiger partial charge >= 0.3 is 0 Å². The van der Waals surface area contributed by atoms with Crippen LogP contribution in [0.4, 0.5) is 0 Å². The first-order valence-corrected chi connectivity index (χ1v) is 43.4. The molecule has 12 heteroatoms. The van der Waals surface area contributed by atoms with Crippen LogP contribution < -0.4 is 22.2 Å². The topological polar surface area (TPSA) is 153 Å². The Morgan fingerprint density at radius 1 is 0.238 bits per heavy atom. The van der Waals surface area contributed by atoms with Crippen molar-refractivity contribution in [1.82, 2.24) is 18.9 Å². The third-order valence-electron chi connectivity index (χ3n) is 25.3. The van der Waals surface area contributed by atoms with Gasteiger partial charge in [-0.05, 0) is 137 Å². The quantitative estimate of drug-likeness (QED) is 0.0400. The fourth-order valence-electron chi connectivity index (χ4n) is 19.4. The predicted molar refractivity (Wildman–Crippen MR) is 421 cm³/mol. The molecule has 0 N–H and O–H groups in total. The van der Waals surface area contributed by atoms with Crippen molar-refractivity contribution in [3.63, 3.8) is 0 Å². The third-order valence-corrected chi connectivity index (χ3v) is 25.3. The Bertz CT molecular complexity index is 3030. The maximum absolute atomic E-state index is 13.9. The van der Waals surface area contributed by atoms with Crippen LogP contribution in [0.5, 0.6) is 0 Å². The Kier molecular flexibility index (Phi) is 40.0. The molecule has 8 unspecified atom stereocenters. The molecular formula is C89H144N4O8. The summed E-state index contributed by atoms with van der Waals surface area (Å²) >= 11 is 0. The minimum Gasteiger partial charge on any atom is -0.275 e. The monoisotopic (exact) mass is 1400 g/mol. The average Bonchev–Trinajstić information content (AvgIpc) is 1.60. The Balaban J connectivity index is 0.839. The van der Waals surface area contributed by atoms with E-state index < -0.39 is 0 Å². The summed E-state index contributed by atoms with van der Waals surface area (Å²) in [6, 6.07) is 3.08. The largest absolute Gasteiger partial charge is 0.275 e. The number of imide groups is 2. The predicted octanol–water partition coefficient (Wildman–Crippen LogP) is 22.3. The van der Waals surface area contributed by atoms with Gasteiger partial charge in [0.05, 0.1) is 21.5 Å². The zero-order valence-corrected chi connectivity index (χ0v) is 64.9. The van der Waals surface area contributed by atoms with Crippen molar-refractivity contribution in [2.45, 2.75) is 394 Å². The Hall–Kier alpha value is -4.74. The van der Waals surface area contributed by atoms with Crippen molar-refractivity contribution in [2.75, 3.05) is 13.1 Å². The van der Waals surface area contributed by atoms with E-state index in [0.29, 0.717) is 26.2 Å². The molecule has 4 aliphatic rings. The first kappa shape index (κ1) is 83.5. The van der Waals surface area contributed by atoms with Crippen LogP contribution in [-0.4, -0.2) is 55.7 Å². The van der Waals surface area contributed by atoms with Gasteiger partial charge in [-0.3, -0.25) is 57.3 Å². The number of aromatic nitrogens is 2. The van der Waals surface area contributed by atoms with Gasteiger partial charge in [0.25, 0.3) is 45.9 Å². The molecule has 3 aromatic rings. The van der Waals surface area contributed by atoms with E-state index in [4.69, 9.17) is 0 Å². The van der Waals surface area contributed by atoms with E-state index in [-0.39, 0.29) is 67.4 Å². The number of hydrogen-bond donors (Lipinski definition) is 0. The average molecular weight is 1400 g/mol. The molecule has 101 heavy (non-hydrogen) atoms. The SMILES string of the molecule is CCCCCCCCC1C(CCCCC)CCC(CCCCCCCCN2C(=O)C=CC2=O)C1CCCCCCCCn1c(=O)c2cc3c(=O)n(CCCCCCCCC4CCC(CCCCCC)C(CCCCCCCC)C4CCCCCCCCN4C(=O)C=CC4=O)c(=O)c3cc2c1=O. The number of carbonyl (C=O) groups is 4. The van der Waals surface area contributed by atoms with Gasteiger partial charge in [0.15, 0.2) is 0 Å². The minimum absolute atomic E-state index is 0.169. The Labute approximate surface area is 612 Å². The van der Waals surface area contributed by atoms with Gasteiger partial charge in [-0.15, -0.1) is 0 Å². The lowest BCUT2D eigenvalue weighted by Gasteiger charge is -2.44. The van der Waals surface area contributed by atoms with Gasteiger partial charge in [-0.1, -0.05) is 304 Å². The molecule has 8 atom stereocenters. The molecule has 0 spiro atoms. The van der Waals surface area contributed by atoms with Crippen molar-refractivity contribution >= 4 is 45.2 Å². The van der Waals surface area contributed by atoms with Crippen molar-refractivity contribution in [3.05, 3.63) is 77.9 Å². The highest BCUT2D eigenvalue weighted by atomic mass is 16.2. The molecule has 0 saturated heterocycles. The summed E-state index contributed by atoms with van der Waals surface area (Å²) in [6.45, 7) is 11.0. The summed E-state index contributed by atoms with van der Waals surface area (Å²) in [5, 5.41) is 1.02.